The molecule has 0 bridgehead atoms. The largest absolute Gasteiger partial charge is 0.388 e. The molecule has 0 aromatic heterocycles. The van der Waals surface area contributed by atoms with Crippen molar-refractivity contribution in [2.75, 3.05) is 0 Å². The summed E-state index contributed by atoms with van der Waals surface area (Å²) >= 11 is 0. The number of Topliss-reactive ketones (excluding diaryl/α,β-unsaturated/α-hetero) is 1. The van der Waals surface area contributed by atoms with Gasteiger partial charge in [0.25, 0.3) is 0 Å². The highest BCUT2D eigenvalue weighted by Gasteiger charge is 2.07. The van der Waals surface area contributed by atoms with Gasteiger partial charge >= 0.3 is 0 Å². The molecule has 0 radical (unpaired) electrons. The molecule has 0 spiro atoms. The minimum Gasteiger partial charge on any atom is -0.388 e. The van der Waals surface area contributed by atoms with Crippen molar-refractivity contribution in [3.63, 3.8) is 0 Å². The third kappa shape index (κ3) is 3.38. The average Bonchev–Trinajstić information content (AvgIpc) is 2.15. The van der Waals surface area contributed by atoms with Crippen LogP contribution in [0.25, 0.3) is 0 Å². The van der Waals surface area contributed by atoms with E-state index in [9.17, 15) is 9.90 Å². The Hall–Kier alpha value is -1.15. The number of aliphatic hydroxyl groups excluding tert-OH is 1. The lowest BCUT2D eigenvalue weighted by Crippen LogP contribution is -2.00. The van der Waals surface area contributed by atoms with Gasteiger partial charge in [-0.15, -0.1) is 0 Å². The van der Waals surface area contributed by atoms with Crippen LogP contribution in [0.3, 0.4) is 0 Å². The summed E-state index contributed by atoms with van der Waals surface area (Å²) in [6.07, 6.45) is 0.445. The summed E-state index contributed by atoms with van der Waals surface area (Å²) in [4.78, 5) is 10.7. The highest BCUT2D eigenvalue weighted by atomic mass is 16.3. The normalized spacial score (nSPS) is 12.5. The van der Waals surface area contributed by atoms with E-state index < -0.39 is 6.10 Å². The van der Waals surface area contributed by atoms with Crippen molar-refractivity contribution in [1.82, 2.24) is 0 Å². The number of ketones is 1. The van der Waals surface area contributed by atoms with E-state index in [1.54, 1.807) is 0 Å². The van der Waals surface area contributed by atoms with Crippen molar-refractivity contribution in [3.05, 3.63) is 35.9 Å². The van der Waals surface area contributed by atoms with Gasteiger partial charge in [0, 0.05) is 6.42 Å². The highest BCUT2D eigenvalue weighted by molar-refractivity contribution is 5.75. The molecule has 0 aliphatic heterocycles. The fourth-order valence-electron chi connectivity index (χ4n) is 1.18. The first kappa shape index (κ1) is 9.93. The lowest BCUT2D eigenvalue weighted by Gasteiger charge is -2.08. The van der Waals surface area contributed by atoms with Gasteiger partial charge < -0.3 is 9.90 Å². The van der Waals surface area contributed by atoms with E-state index in [4.69, 9.17) is 0 Å². The van der Waals surface area contributed by atoms with Crippen LogP contribution < -0.4 is 0 Å². The van der Waals surface area contributed by atoms with Crippen LogP contribution in [0.4, 0.5) is 0 Å². The average molecular weight is 178 g/mol. The summed E-state index contributed by atoms with van der Waals surface area (Å²) < 4.78 is 0. The van der Waals surface area contributed by atoms with E-state index in [0.717, 1.165) is 5.56 Å². The first-order valence-electron chi connectivity index (χ1n) is 4.42. The summed E-state index contributed by atoms with van der Waals surface area (Å²) in [5.41, 5.74) is 0.878. The van der Waals surface area contributed by atoms with Crippen molar-refractivity contribution < 1.29 is 9.90 Å². The van der Waals surface area contributed by atoms with E-state index in [-0.39, 0.29) is 5.78 Å². The van der Waals surface area contributed by atoms with Crippen LogP contribution >= 0.6 is 0 Å². The standard InChI is InChI=1S/C11H14O2/c1-9(12)7-8-11(13)10-5-3-2-4-6-10/h2-6,11,13H,7-8H2,1H3. The molecule has 70 valence electrons. The fourth-order valence-corrected chi connectivity index (χ4v) is 1.18. The Morgan fingerprint density at radius 3 is 2.54 bits per heavy atom. The first-order valence-corrected chi connectivity index (χ1v) is 4.42. The quantitative estimate of drug-likeness (QED) is 0.766. The number of benzene rings is 1. The third-order valence-corrected chi connectivity index (χ3v) is 1.95. The number of carbonyl (C=O) groups is 1. The Bertz CT molecular complexity index is 267. The van der Waals surface area contributed by atoms with Gasteiger partial charge in [0.1, 0.15) is 5.78 Å². The van der Waals surface area contributed by atoms with E-state index >= 15 is 0 Å². The molecule has 1 atom stereocenters. The van der Waals surface area contributed by atoms with Crippen LogP contribution in [-0.2, 0) is 4.79 Å². The molecule has 1 aromatic carbocycles. The lowest BCUT2D eigenvalue weighted by molar-refractivity contribution is -0.117. The van der Waals surface area contributed by atoms with E-state index in [1.165, 1.54) is 6.92 Å². The Kier molecular flexibility index (Phi) is 3.65. The molecule has 0 aliphatic carbocycles. The molecule has 0 aliphatic rings. The van der Waals surface area contributed by atoms with Crippen LogP contribution in [0.5, 0.6) is 0 Å². The van der Waals surface area contributed by atoms with E-state index in [0.29, 0.717) is 12.8 Å². The zero-order valence-corrected chi connectivity index (χ0v) is 7.73. The second-order valence-corrected chi connectivity index (χ2v) is 3.17. The number of carbonyl (C=O) groups excluding carboxylic acids is 1. The third-order valence-electron chi connectivity index (χ3n) is 1.95. The lowest BCUT2D eigenvalue weighted by atomic mass is 10.0. The molecule has 2 heteroatoms. The topological polar surface area (TPSA) is 37.3 Å². The SMILES string of the molecule is CC(=O)CCC(O)c1ccccc1. The smallest absolute Gasteiger partial charge is 0.129 e. The molecule has 0 amide bonds. The highest BCUT2D eigenvalue weighted by Crippen LogP contribution is 2.17. The van der Waals surface area contributed by atoms with Crippen molar-refractivity contribution in [2.45, 2.75) is 25.9 Å². The fraction of sp³-hybridized carbons (Fsp3) is 0.364. The maximum atomic E-state index is 10.7. The Morgan fingerprint density at radius 2 is 2.00 bits per heavy atom. The molecule has 1 N–H and O–H groups in total. The Morgan fingerprint density at radius 1 is 1.38 bits per heavy atom. The van der Waals surface area contributed by atoms with Gasteiger partial charge in [-0.1, -0.05) is 30.3 Å². The second kappa shape index (κ2) is 4.77. The molecule has 0 heterocycles. The number of hydrogen-bond donors (Lipinski definition) is 1. The van der Waals surface area contributed by atoms with Crippen LogP contribution in [0, 0.1) is 0 Å². The van der Waals surface area contributed by atoms with Crippen molar-refractivity contribution >= 4 is 5.78 Å². The Labute approximate surface area is 78.2 Å². The molecular formula is C11H14O2. The van der Waals surface area contributed by atoms with Gasteiger partial charge in [-0.3, -0.25) is 0 Å². The summed E-state index contributed by atoms with van der Waals surface area (Å²) in [5, 5.41) is 9.62. The molecule has 13 heavy (non-hydrogen) atoms. The predicted molar refractivity (Wildman–Crippen MR) is 51.3 cm³/mol. The maximum Gasteiger partial charge on any atom is 0.129 e. The minimum absolute atomic E-state index is 0.120. The number of aliphatic hydroxyl groups is 1. The van der Waals surface area contributed by atoms with Crippen molar-refractivity contribution in [3.8, 4) is 0 Å². The van der Waals surface area contributed by atoms with Crippen LogP contribution in [-0.4, -0.2) is 10.9 Å². The van der Waals surface area contributed by atoms with Gasteiger partial charge in [0.2, 0.25) is 0 Å². The van der Waals surface area contributed by atoms with Crippen molar-refractivity contribution in [1.29, 1.82) is 0 Å². The number of rotatable bonds is 4. The van der Waals surface area contributed by atoms with Crippen LogP contribution in [0.15, 0.2) is 30.3 Å². The van der Waals surface area contributed by atoms with Gasteiger partial charge in [-0.25, -0.2) is 0 Å². The molecule has 1 unspecified atom stereocenters. The first-order chi connectivity index (χ1) is 6.20. The molecule has 0 fully saturated rings. The molecule has 0 saturated heterocycles. The summed E-state index contributed by atoms with van der Waals surface area (Å²) in [6, 6.07) is 9.40. The summed E-state index contributed by atoms with van der Waals surface area (Å²) in [6.45, 7) is 1.54. The van der Waals surface area contributed by atoms with Crippen LogP contribution in [0.1, 0.15) is 31.4 Å². The van der Waals surface area contributed by atoms with Gasteiger partial charge in [-0.2, -0.15) is 0 Å². The molecule has 0 saturated carbocycles. The van der Waals surface area contributed by atoms with Crippen LogP contribution in [0.2, 0.25) is 0 Å². The Balaban J connectivity index is 2.49. The van der Waals surface area contributed by atoms with Gasteiger partial charge in [0.15, 0.2) is 0 Å². The van der Waals surface area contributed by atoms with E-state index in [1.807, 2.05) is 30.3 Å². The maximum absolute atomic E-state index is 10.7. The summed E-state index contributed by atoms with van der Waals surface area (Å²) in [7, 11) is 0. The predicted octanol–water partition coefficient (Wildman–Crippen LogP) is 2.09. The van der Waals surface area contributed by atoms with Gasteiger partial charge in [0.05, 0.1) is 6.10 Å². The zero-order valence-electron chi connectivity index (χ0n) is 7.73. The molecule has 2 nitrogen and oxygen atoms in total. The van der Waals surface area contributed by atoms with Crippen molar-refractivity contribution in [2.24, 2.45) is 0 Å². The number of hydrogen-bond acceptors (Lipinski definition) is 2. The zero-order chi connectivity index (χ0) is 9.68. The monoisotopic (exact) mass is 178 g/mol. The summed E-state index contributed by atoms with van der Waals surface area (Å²) in [5.74, 6) is 0.120. The molecule has 1 rings (SSSR count). The molecule has 1 aromatic rings. The van der Waals surface area contributed by atoms with E-state index in [2.05, 4.69) is 0 Å². The second-order valence-electron chi connectivity index (χ2n) is 3.17. The minimum atomic E-state index is -0.509. The van der Waals surface area contributed by atoms with Gasteiger partial charge in [-0.05, 0) is 18.9 Å². The molecular weight excluding hydrogens is 164 g/mol.